The van der Waals surface area contributed by atoms with Crippen molar-refractivity contribution in [2.24, 2.45) is 0 Å². The van der Waals surface area contributed by atoms with Crippen molar-refractivity contribution in [3.63, 3.8) is 0 Å². The van der Waals surface area contributed by atoms with Crippen LogP contribution in [0.4, 0.5) is 0 Å². The molecule has 1 aromatic carbocycles. The minimum atomic E-state index is -0.0809. The first-order valence-corrected chi connectivity index (χ1v) is 7.10. The van der Waals surface area contributed by atoms with E-state index in [0.717, 1.165) is 10.6 Å². The molecular formula is C15H17NO2S. The first-order chi connectivity index (χ1) is 9.15. The highest BCUT2D eigenvalue weighted by Crippen LogP contribution is 2.15. The summed E-state index contributed by atoms with van der Waals surface area (Å²) in [7, 11) is 0. The van der Waals surface area contributed by atoms with Gasteiger partial charge in [-0.15, -0.1) is 11.3 Å². The first-order valence-electron chi connectivity index (χ1n) is 6.22. The van der Waals surface area contributed by atoms with E-state index >= 15 is 0 Å². The summed E-state index contributed by atoms with van der Waals surface area (Å²) in [6, 6.07) is 11.2. The maximum absolute atomic E-state index is 12.0. The number of hydrogen-bond donors (Lipinski definition) is 1. The van der Waals surface area contributed by atoms with E-state index in [-0.39, 0.29) is 12.0 Å². The average molecular weight is 275 g/mol. The molecule has 2 aromatic rings. The zero-order valence-corrected chi connectivity index (χ0v) is 11.9. The Bertz CT molecular complexity index is 535. The molecule has 0 radical (unpaired) electrons. The molecule has 0 aliphatic rings. The van der Waals surface area contributed by atoms with Gasteiger partial charge >= 0.3 is 0 Å². The van der Waals surface area contributed by atoms with Crippen molar-refractivity contribution in [1.29, 1.82) is 0 Å². The summed E-state index contributed by atoms with van der Waals surface area (Å²) < 4.78 is 5.58. The van der Waals surface area contributed by atoms with Gasteiger partial charge in [-0.3, -0.25) is 4.79 Å². The van der Waals surface area contributed by atoms with E-state index in [9.17, 15) is 4.79 Å². The predicted octanol–water partition coefficient (Wildman–Crippen LogP) is 3.47. The van der Waals surface area contributed by atoms with Crippen molar-refractivity contribution >= 4 is 17.2 Å². The number of amides is 1. The lowest BCUT2D eigenvalue weighted by Crippen LogP contribution is -2.22. The van der Waals surface area contributed by atoms with Crippen LogP contribution in [-0.4, -0.2) is 12.0 Å². The van der Waals surface area contributed by atoms with Gasteiger partial charge in [-0.2, -0.15) is 0 Å². The smallest absolute Gasteiger partial charge is 0.251 e. The van der Waals surface area contributed by atoms with Crippen molar-refractivity contribution in [2.75, 3.05) is 0 Å². The van der Waals surface area contributed by atoms with Crippen LogP contribution < -0.4 is 10.1 Å². The van der Waals surface area contributed by atoms with Gasteiger partial charge in [-0.25, -0.2) is 0 Å². The van der Waals surface area contributed by atoms with Crippen molar-refractivity contribution < 1.29 is 9.53 Å². The van der Waals surface area contributed by atoms with Crippen molar-refractivity contribution in [3.05, 3.63) is 52.2 Å². The van der Waals surface area contributed by atoms with Crippen LogP contribution in [0.1, 0.15) is 29.1 Å². The van der Waals surface area contributed by atoms with Gasteiger partial charge in [0.05, 0.1) is 12.6 Å². The number of hydrogen-bond acceptors (Lipinski definition) is 3. The highest BCUT2D eigenvalue weighted by molar-refractivity contribution is 7.09. The summed E-state index contributed by atoms with van der Waals surface area (Å²) in [5.41, 5.74) is 0.620. The van der Waals surface area contributed by atoms with Gasteiger partial charge in [-0.05, 0) is 43.5 Å². The number of ether oxygens (including phenoxy) is 1. The fourth-order valence-electron chi connectivity index (χ4n) is 1.67. The molecule has 0 aliphatic carbocycles. The molecule has 100 valence electrons. The van der Waals surface area contributed by atoms with E-state index in [1.165, 1.54) is 0 Å². The van der Waals surface area contributed by atoms with Crippen LogP contribution in [0.25, 0.3) is 0 Å². The minimum Gasteiger partial charge on any atom is -0.491 e. The summed E-state index contributed by atoms with van der Waals surface area (Å²) >= 11 is 1.63. The lowest BCUT2D eigenvalue weighted by molar-refractivity contribution is 0.0950. The second-order valence-corrected chi connectivity index (χ2v) is 5.49. The van der Waals surface area contributed by atoms with E-state index in [2.05, 4.69) is 5.32 Å². The zero-order valence-electron chi connectivity index (χ0n) is 11.1. The number of nitrogens with one attached hydrogen (secondary N) is 1. The molecule has 3 nitrogen and oxygen atoms in total. The third-order valence-corrected chi connectivity index (χ3v) is 3.35. The van der Waals surface area contributed by atoms with Crippen LogP contribution in [0.3, 0.4) is 0 Å². The van der Waals surface area contributed by atoms with E-state index in [1.807, 2.05) is 43.5 Å². The molecule has 0 bridgehead atoms. The molecule has 0 spiro atoms. The van der Waals surface area contributed by atoms with Gasteiger partial charge in [0.2, 0.25) is 0 Å². The Morgan fingerprint density at radius 1 is 1.32 bits per heavy atom. The van der Waals surface area contributed by atoms with Gasteiger partial charge in [0.15, 0.2) is 0 Å². The number of carbonyl (C=O) groups is 1. The Hall–Kier alpha value is -1.81. The Balaban J connectivity index is 1.98. The molecule has 1 N–H and O–H groups in total. The molecule has 2 rings (SSSR count). The van der Waals surface area contributed by atoms with Crippen LogP contribution in [0.5, 0.6) is 5.75 Å². The van der Waals surface area contributed by atoms with Gasteiger partial charge < -0.3 is 10.1 Å². The van der Waals surface area contributed by atoms with Gasteiger partial charge in [0.25, 0.3) is 5.91 Å². The standard InChI is InChI=1S/C15H17NO2S/c1-11(2)18-13-6-3-5-12(9-13)15(17)16-10-14-7-4-8-19-14/h3-9,11H,10H2,1-2H3,(H,16,17). The molecule has 1 amide bonds. The molecule has 4 heteroatoms. The fraction of sp³-hybridized carbons (Fsp3) is 0.267. The van der Waals surface area contributed by atoms with Crippen LogP contribution >= 0.6 is 11.3 Å². The molecule has 0 atom stereocenters. The van der Waals surface area contributed by atoms with E-state index in [0.29, 0.717) is 12.1 Å². The summed E-state index contributed by atoms with van der Waals surface area (Å²) in [6.07, 6.45) is 0.101. The number of thiophene rings is 1. The van der Waals surface area contributed by atoms with Crippen molar-refractivity contribution in [3.8, 4) is 5.75 Å². The van der Waals surface area contributed by atoms with E-state index in [1.54, 1.807) is 23.5 Å². The molecule has 0 saturated carbocycles. The highest BCUT2D eigenvalue weighted by atomic mass is 32.1. The van der Waals surface area contributed by atoms with Crippen molar-refractivity contribution in [1.82, 2.24) is 5.32 Å². The van der Waals surface area contributed by atoms with E-state index < -0.39 is 0 Å². The third-order valence-electron chi connectivity index (χ3n) is 2.47. The topological polar surface area (TPSA) is 38.3 Å². The van der Waals surface area contributed by atoms with Gasteiger partial charge in [0, 0.05) is 10.4 Å². The third kappa shape index (κ3) is 4.10. The Kier molecular flexibility index (Phi) is 4.58. The predicted molar refractivity (Wildman–Crippen MR) is 77.7 cm³/mol. The van der Waals surface area contributed by atoms with Crippen LogP contribution in [-0.2, 0) is 6.54 Å². The number of benzene rings is 1. The monoisotopic (exact) mass is 275 g/mol. The molecule has 0 unspecified atom stereocenters. The average Bonchev–Trinajstić information content (AvgIpc) is 2.88. The minimum absolute atomic E-state index is 0.0809. The largest absolute Gasteiger partial charge is 0.491 e. The molecule has 0 saturated heterocycles. The number of carbonyl (C=O) groups excluding carboxylic acids is 1. The van der Waals surface area contributed by atoms with Gasteiger partial charge in [0.1, 0.15) is 5.75 Å². The van der Waals surface area contributed by atoms with Crippen LogP contribution in [0.15, 0.2) is 41.8 Å². The number of rotatable bonds is 5. The SMILES string of the molecule is CC(C)Oc1cccc(C(=O)NCc2cccs2)c1. The Labute approximate surface area is 117 Å². The Morgan fingerprint density at radius 2 is 2.16 bits per heavy atom. The first kappa shape index (κ1) is 13.6. The van der Waals surface area contributed by atoms with Gasteiger partial charge in [-0.1, -0.05) is 12.1 Å². The molecule has 1 heterocycles. The molecule has 1 aromatic heterocycles. The van der Waals surface area contributed by atoms with Crippen LogP contribution in [0, 0.1) is 0 Å². The normalized spacial score (nSPS) is 10.5. The quantitative estimate of drug-likeness (QED) is 0.907. The summed E-state index contributed by atoms with van der Waals surface area (Å²) in [5, 5.41) is 4.90. The molecule has 19 heavy (non-hydrogen) atoms. The lowest BCUT2D eigenvalue weighted by atomic mass is 10.2. The van der Waals surface area contributed by atoms with E-state index in [4.69, 9.17) is 4.74 Å². The maximum Gasteiger partial charge on any atom is 0.251 e. The van der Waals surface area contributed by atoms with Crippen LogP contribution in [0.2, 0.25) is 0 Å². The lowest BCUT2D eigenvalue weighted by Gasteiger charge is -2.10. The highest BCUT2D eigenvalue weighted by Gasteiger charge is 2.07. The summed E-state index contributed by atoms with van der Waals surface area (Å²) in [6.45, 7) is 4.48. The Morgan fingerprint density at radius 3 is 2.84 bits per heavy atom. The molecule has 0 aliphatic heterocycles. The fourth-order valence-corrected chi connectivity index (χ4v) is 2.31. The molecular weight excluding hydrogens is 258 g/mol. The summed E-state index contributed by atoms with van der Waals surface area (Å²) in [4.78, 5) is 13.2. The second-order valence-electron chi connectivity index (χ2n) is 4.46. The zero-order chi connectivity index (χ0) is 13.7. The second kappa shape index (κ2) is 6.38. The maximum atomic E-state index is 12.0. The summed E-state index contributed by atoms with van der Waals surface area (Å²) in [5.74, 6) is 0.640. The molecule has 0 fully saturated rings. The van der Waals surface area contributed by atoms with Crippen molar-refractivity contribution in [2.45, 2.75) is 26.5 Å².